The number of nitrogens with one attached hydrogen (secondary N) is 1. The summed E-state index contributed by atoms with van der Waals surface area (Å²) in [5.74, 6) is 0.513. The van der Waals surface area contributed by atoms with E-state index in [1.165, 1.54) is 19.2 Å². The molecule has 1 heterocycles. The van der Waals surface area contributed by atoms with Crippen molar-refractivity contribution in [1.29, 1.82) is 0 Å². The van der Waals surface area contributed by atoms with Crippen LogP contribution in [0.4, 0.5) is 5.69 Å². The molecule has 1 fully saturated rings. The lowest BCUT2D eigenvalue weighted by molar-refractivity contribution is -0.384. The van der Waals surface area contributed by atoms with E-state index in [4.69, 9.17) is 9.47 Å². The average molecular weight is 397 g/mol. The molecule has 2 aromatic carbocycles. The summed E-state index contributed by atoms with van der Waals surface area (Å²) in [5, 5.41) is 13.5. The number of hydrogen-bond acceptors (Lipinski definition) is 6. The summed E-state index contributed by atoms with van der Waals surface area (Å²) in [6, 6.07) is 8.60. The van der Waals surface area contributed by atoms with E-state index in [1.54, 1.807) is 18.2 Å². The molecule has 0 radical (unpaired) electrons. The molecular weight excluding hydrogens is 378 g/mol. The van der Waals surface area contributed by atoms with E-state index in [2.05, 4.69) is 5.10 Å². The summed E-state index contributed by atoms with van der Waals surface area (Å²) in [5.41, 5.74) is -0.233. The van der Waals surface area contributed by atoms with Crippen molar-refractivity contribution in [2.75, 3.05) is 7.11 Å². The smallest absolute Gasteiger partial charge is 0.277 e. The highest BCUT2D eigenvalue weighted by Crippen LogP contribution is 2.33. The van der Waals surface area contributed by atoms with Crippen molar-refractivity contribution in [1.82, 2.24) is 9.78 Å². The predicted molar refractivity (Wildman–Crippen MR) is 105 cm³/mol. The van der Waals surface area contributed by atoms with E-state index in [-0.39, 0.29) is 22.7 Å². The molecule has 150 valence electrons. The van der Waals surface area contributed by atoms with Crippen LogP contribution < -0.4 is 15.0 Å². The molecular formula is C20H19N3O6. The molecule has 1 aromatic heterocycles. The number of fused-ring (bicyclic) bond motifs is 1. The van der Waals surface area contributed by atoms with Crippen LogP contribution in [-0.2, 0) is 0 Å². The third-order valence-electron chi connectivity index (χ3n) is 5.10. The Morgan fingerprint density at radius 3 is 2.62 bits per heavy atom. The Labute approximate surface area is 165 Å². The van der Waals surface area contributed by atoms with Crippen molar-refractivity contribution in [3.8, 4) is 11.5 Å². The third-order valence-corrected chi connectivity index (χ3v) is 5.10. The van der Waals surface area contributed by atoms with Crippen molar-refractivity contribution in [2.45, 2.75) is 31.8 Å². The number of nitrogens with zero attached hydrogens (tertiary/aromatic N) is 2. The topological polar surface area (TPSA) is 116 Å². The van der Waals surface area contributed by atoms with Crippen molar-refractivity contribution in [3.63, 3.8) is 0 Å². The van der Waals surface area contributed by atoms with Gasteiger partial charge in [-0.2, -0.15) is 0 Å². The van der Waals surface area contributed by atoms with E-state index >= 15 is 0 Å². The van der Waals surface area contributed by atoms with Crippen LogP contribution in [0.3, 0.4) is 0 Å². The maximum absolute atomic E-state index is 13.0. The summed E-state index contributed by atoms with van der Waals surface area (Å²) < 4.78 is 12.5. The number of rotatable bonds is 5. The lowest BCUT2D eigenvalue weighted by Crippen LogP contribution is -2.17. The number of carbonyl (C=O) groups is 1. The van der Waals surface area contributed by atoms with Crippen LogP contribution in [0.1, 0.15) is 36.0 Å². The SMILES string of the molecule is COc1ccc(C(=O)n2[nH]c(=O)c3cc([N+](=O)[O-])ccc32)cc1OC1CCCC1. The number of carbonyl (C=O) groups excluding carboxylic acids is 1. The second-order valence-electron chi connectivity index (χ2n) is 6.93. The molecule has 9 nitrogen and oxygen atoms in total. The summed E-state index contributed by atoms with van der Waals surface area (Å²) in [7, 11) is 1.53. The molecule has 0 aliphatic heterocycles. The Bertz CT molecular complexity index is 1160. The van der Waals surface area contributed by atoms with E-state index < -0.39 is 16.4 Å². The number of methoxy groups -OCH3 is 1. The molecule has 0 amide bonds. The van der Waals surface area contributed by atoms with Crippen molar-refractivity contribution in [2.24, 2.45) is 0 Å². The first-order valence-corrected chi connectivity index (χ1v) is 9.26. The van der Waals surface area contributed by atoms with Crippen LogP contribution in [0.2, 0.25) is 0 Å². The number of hydrogen-bond donors (Lipinski definition) is 1. The zero-order valence-electron chi connectivity index (χ0n) is 15.7. The van der Waals surface area contributed by atoms with Crippen molar-refractivity contribution >= 4 is 22.5 Å². The van der Waals surface area contributed by atoms with Crippen LogP contribution in [0.5, 0.6) is 11.5 Å². The first-order chi connectivity index (χ1) is 14.0. The number of non-ortho nitro benzene ring substituents is 1. The van der Waals surface area contributed by atoms with Crippen molar-refractivity contribution in [3.05, 3.63) is 62.4 Å². The molecule has 0 atom stereocenters. The van der Waals surface area contributed by atoms with Crippen molar-refractivity contribution < 1.29 is 19.2 Å². The number of nitro groups is 1. The fraction of sp³-hybridized carbons (Fsp3) is 0.300. The van der Waals surface area contributed by atoms with Gasteiger partial charge in [-0.15, -0.1) is 0 Å². The van der Waals surface area contributed by atoms with Gasteiger partial charge in [0.15, 0.2) is 11.5 Å². The first kappa shape index (κ1) is 18.7. The van der Waals surface area contributed by atoms with Crippen LogP contribution in [0.25, 0.3) is 10.9 Å². The minimum absolute atomic E-state index is 0.0727. The molecule has 0 unspecified atom stereocenters. The Morgan fingerprint density at radius 2 is 1.93 bits per heavy atom. The zero-order valence-corrected chi connectivity index (χ0v) is 15.7. The second-order valence-corrected chi connectivity index (χ2v) is 6.93. The summed E-state index contributed by atoms with van der Waals surface area (Å²) in [6.45, 7) is 0. The van der Waals surface area contributed by atoms with Gasteiger partial charge in [-0.3, -0.25) is 24.8 Å². The number of aromatic amines is 1. The Hall–Kier alpha value is -3.62. The summed E-state index contributed by atoms with van der Waals surface area (Å²) in [4.78, 5) is 35.6. The first-order valence-electron chi connectivity index (χ1n) is 9.26. The molecule has 9 heteroatoms. The van der Waals surface area contributed by atoms with E-state index in [0.717, 1.165) is 36.4 Å². The van der Waals surface area contributed by atoms with Gasteiger partial charge in [-0.05, 0) is 49.9 Å². The fourth-order valence-electron chi connectivity index (χ4n) is 3.61. The van der Waals surface area contributed by atoms with Gasteiger partial charge in [0.2, 0.25) is 0 Å². The molecule has 3 aromatic rings. The molecule has 1 aliphatic carbocycles. The molecule has 0 spiro atoms. The van der Waals surface area contributed by atoms with Gasteiger partial charge >= 0.3 is 0 Å². The molecule has 1 saturated carbocycles. The van der Waals surface area contributed by atoms with Crippen LogP contribution >= 0.6 is 0 Å². The minimum atomic E-state index is -0.589. The monoisotopic (exact) mass is 397 g/mol. The number of H-pyrrole nitrogens is 1. The predicted octanol–water partition coefficient (Wildman–Crippen LogP) is 3.26. The molecule has 29 heavy (non-hydrogen) atoms. The van der Waals surface area contributed by atoms with Gasteiger partial charge in [0.1, 0.15) is 0 Å². The molecule has 4 rings (SSSR count). The van der Waals surface area contributed by atoms with Gasteiger partial charge in [0, 0.05) is 17.7 Å². The van der Waals surface area contributed by atoms with E-state index in [0.29, 0.717) is 17.1 Å². The average Bonchev–Trinajstić information content (AvgIpc) is 3.35. The van der Waals surface area contributed by atoms with E-state index in [9.17, 15) is 19.7 Å². The Kier molecular flexibility index (Phi) is 4.79. The highest BCUT2D eigenvalue weighted by Gasteiger charge is 2.22. The van der Waals surface area contributed by atoms with Gasteiger partial charge in [0.25, 0.3) is 17.2 Å². The Balaban J connectivity index is 1.72. The van der Waals surface area contributed by atoms with Crippen LogP contribution in [0, 0.1) is 10.1 Å². The third kappa shape index (κ3) is 3.46. The molecule has 0 bridgehead atoms. The number of ether oxygens (including phenoxy) is 2. The highest BCUT2D eigenvalue weighted by molar-refractivity contribution is 6.01. The maximum Gasteiger partial charge on any atom is 0.277 e. The number of benzene rings is 2. The lowest BCUT2D eigenvalue weighted by atomic mass is 10.1. The minimum Gasteiger partial charge on any atom is -0.493 e. The van der Waals surface area contributed by atoms with Gasteiger partial charge < -0.3 is 9.47 Å². The number of nitro benzene ring substituents is 1. The standard InChI is InChI=1S/C20H19N3O6/c1-28-17-9-6-12(10-18(17)29-14-4-2-3-5-14)20(25)22-16-8-7-13(23(26)27)11-15(16)19(24)21-22/h6-11,14H,2-5H2,1H3,(H,21,24). The fourth-order valence-corrected chi connectivity index (χ4v) is 3.61. The van der Waals surface area contributed by atoms with Gasteiger partial charge in [0.05, 0.1) is 29.0 Å². The maximum atomic E-state index is 13.0. The highest BCUT2D eigenvalue weighted by atomic mass is 16.6. The summed E-state index contributed by atoms with van der Waals surface area (Å²) >= 11 is 0. The molecule has 1 N–H and O–H groups in total. The lowest BCUT2D eigenvalue weighted by Gasteiger charge is -2.16. The number of aromatic nitrogens is 2. The Morgan fingerprint density at radius 1 is 1.17 bits per heavy atom. The van der Waals surface area contributed by atoms with Gasteiger partial charge in [-0.25, -0.2) is 4.68 Å². The normalized spacial score (nSPS) is 14.2. The molecule has 1 aliphatic rings. The molecule has 0 saturated heterocycles. The van der Waals surface area contributed by atoms with Crippen LogP contribution in [-0.4, -0.2) is 33.8 Å². The van der Waals surface area contributed by atoms with E-state index in [1.807, 2.05) is 0 Å². The zero-order chi connectivity index (χ0) is 20.5. The quantitative estimate of drug-likeness (QED) is 0.522. The van der Waals surface area contributed by atoms with Crippen LogP contribution in [0.15, 0.2) is 41.2 Å². The summed E-state index contributed by atoms with van der Waals surface area (Å²) in [6.07, 6.45) is 4.20. The second kappa shape index (κ2) is 7.42. The largest absolute Gasteiger partial charge is 0.493 e. The van der Waals surface area contributed by atoms with Gasteiger partial charge in [-0.1, -0.05) is 0 Å².